The fraction of sp³-hybridized carbons (Fsp3) is 0.103. The third-order valence-electron chi connectivity index (χ3n) is 5.94. The Morgan fingerprint density at radius 3 is 2.27 bits per heavy atom. The van der Waals surface area contributed by atoms with Gasteiger partial charge in [-0.25, -0.2) is 4.98 Å². The van der Waals surface area contributed by atoms with Crippen LogP contribution in [0.25, 0.3) is 40.1 Å². The van der Waals surface area contributed by atoms with E-state index in [1.54, 1.807) is 50.6 Å². The number of aromatic nitrogens is 2. The molecule has 0 amide bonds. The molecule has 5 rings (SSSR count). The number of alkyl halides is 2. The van der Waals surface area contributed by atoms with E-state index < -0.39 is 6.61 Å². The van der Waals surface area contributed by atoms with Crippen molar-refractivity contribution in [3.63, 3.8) is 0 Å². The molecule has 0 atom stereocenters. The molecule has 184 valence electrons. The highest BCUT2D eigenvalue weighted by Gasteiger charge is 2.18. The van der Waals surface area contributed by atoms with E-state index in [2.05, 4.69) is 10.8 Å². The van der Waals surface area contributed by atoms with Crippen molar-refractivity contribution >= 4 is 28.8 Å². The van der Waals surface area contributed by atoms with Gasteiger partial charge >= 0.3 is 6.61 Å². The van der Waals surface area contributed by atoms with E-state index in [9.17, 15) is 14.0 Å². The standard InChI is InChI=1S/C29H21F2N3O3/c1-35-21-13-20(14-22(16-21)36-2)26-15-19(12-11-18-7-3-6-10-27(18)37-29(30)31)23(17-32)28-33-24-8-4-5-9-25(24)34(26)28/h3-16,29H,1-2H3/b12-11+. The molecule has 0 N–H and O–H groups in total. The van der Waals surface area contributed by atoms with Crippen LogP contribution in [0.3, 0.4) is 0 Å². The Kier molecular flexibility index (Phi) is 6.43. The first-order chi connectivity index (χ1) is 18.0. The van der Waals surface area contributed by atoms with Crippen molar-refractivity contribution in [1.29, 1.82) is 5.26 Å². The fourth-order valence-electron chi connectivity index (χ4n) is 4.27. The number of halogens is 2. The summed E-state index contributed by atoms with van der Waals surface area (Å²) in [5, 5.41) is 10.1. The van der Waals surface area contributed by atoms with Crippen LogP contribution in [-0.4, -0.2) is 30.2 Å². The summed E-state index contributed by atoms with van der Waals surface area (Å²) in [5.41, 5.74) is 4.92. The summed E-state index contributed by atoms with van der Waals surface area (Å²) in [6.45, 7) is -2.95. The Morgan fingerprint density at radius 2 is 1.57 bits per heavy atom. The SMILES string of the molecule is COc1cc(OC)cc(-c2cc(/C=C/c3ccccc3OC(F)F)c(C#N)c3nc4ccccc4n23)c1. The number of rotatable bonds is 7. The van der Waals surface area contributed by atoms with Crippen LogP contribution in [0.1, 0.15) is 16.7 Å². The Hall–Kier alpha value is -4.90. The summed E-state index contributed by atoms with van der Waals surface area (Å²) in [6, 6.07) is 23.7. The highest BCUT2D eigenvalue weighted by atomic mass is 19.3. The minimum atomic E-state index is -2.95. The molecule has 6 nitrogen and oxygen atoms in total. The van der Waals surface area contributed by atoms with E-state index in [1.807, 2.05) is 46.9 Å². The molecular weight excluding hydrogens is 476 g/mol. The lowest BCUT2D eigenvalue weighted by molar-refractivity contribution is -0.0499. The maximum absolute atomic E-state index is 12.9. The molecule has 0 bridgehead atoms. The molecule has 2 heterocycles. The summed E-state index contributed by atoms with van der Waals surface area (Å²) in [7, 11) is 3.15. The summed E-state index contributed by atoms with van der Waals surface area (Å²) >= 11 is 0. The van der Waals surface area contributed by atoms with Crippen molar-refractivity contribution in [1.82, 2.24) is 9.38 Å². The van der Waals surface area contributed by atoms with Crippen LogP contribution in [0, 0.1) is 11.3 Å². The van der Waals surface area contributed by atoms with Gasteiger partial charge in [0.15, 0.2) is 5.65 Å². The predicted octanol–water partition coefficient (Wildman–Crippen LogP) is 6.82. The molecule has 0 aliphatic rings. The minimum Gasteiger partial charge on any atom is -0.497 e. The topological polar surface area (TPSA) is 68.8 Å². The van der Waals surface area contributed by atoms with Gasteiger partial charge in [-0.15, -0.1) is 0 Å². The third kappa shape index (κ3) is 4.55. The normalized spacial score (nSPS) is 11.4. The van der Waals surface area contributed by atoms with Crippen molar-refractivity contribution in [3.8, 4) is 34.6 Å². The van der Waals surface area contributed by atoms with Gasteiger partial charge in [-0.2, -0.15) is 14.0 Å². The molecular formula is C29H21F2N3O3. The van der Waals surface area contributed by atoms with Gasteiger partial charge < -0.3 is 14.2 Å². The average molecular weight is 498 g/mol. The second kappa shape index (κ2) is 9.99. The van der Waals surface area contributed by atoms with E-state index in [-0.39, 0.29) is 5.75 Å². The van der Waals surface area contributed by atoms with E-state index in [1.165, 1.54) is 6.07 Å². The molecule has 5 aromatic rings. The summed E-state index contributed by atoms with van der Waals surface area (Å²) in [5.74, 6) is 1.25. The largest absolute Gasteiger partial charge is 0.497 e. The van der Waals surface area contributed by atoms with Crippen molar-refractivity contribution in [2.24, 2.45) is 0 Å². The lowest BCUT2D eigenvalue weighted by Crippen LogP contribution is -2.03. The second-order valence-electron chi connectivity index (χ2n) is 8.08. The smallest absolute Gasteiger partial charge is 0.387 e. The number of para-hydroxylation sites is 3. The van der Waals surface area contributed by atoms with Gasteiger partial charge in [-0.1, -0.05) is 42.5 Å². The van der Waals surface area contributed by atoms with Gasteiger partial charge in [0.2, 0.25) is 0 Å². The Labute approximate surface area is 211 Å². The Balaban J connectivity index is 1.78. The Bertz CT molecular complexity index is 1660. The van der Waals surface area contributed by atoms with Gasteiger partial charge in [-0.3, -0.25) is 4.40 Å². The maximum atomic E-state index is 12.9. The lowest BCUT2D eigenvalue weighted by Gasteiger charge is -2.13. The molecule has 0 saturated carbocycles. The van der Waals surface area contributed by atoms with Gasteiger partial charge in [0.05, 0.1) is 30.9 Å². The minimum absolute atomic E-state index is 0.0395. The summed E-state index contributed by atoms with van der Waals surface area (Å²) < 4.78 is 43.3. The number of nitrogens with zero attached hydrogens (tertiary/aromatic N) is 3. The third-order valence-corrected chi connectivity index (χ3v) is 5.94. The average Bonchev–Trinajstić information content (AvgIpc) is 3.30. The van der Waals surface area contributed by atoms with E-state index in [0.717, 1.165) is 22.3 Å². The van der Waals surface area contributed by atoms with Gasteiger partial charge in [0.25, 0.3) is 0 Å². The van der Waals surface area contributed by atoms with Crippen molar-refractivity contribution in [3.05, 3.63) is 89.5 Å². The number of ether oxygens (including phenoxy) is 3. The van der Waals surface area contributed by atoms with Gasteiger partial charge in [0.1, 0.15) is 28.9 Å². The van der Waals surface area contributed by atoms with Crippen LogP contribution in [0.15, 0.2) is 72.8 Å². The monoisotopic (exact) mass is 497 g/mol. The summed E-state index contributed by atoms with van der Waals surface area (Å²) in [4.78, 5) is 4.75. The number of hydrogen-bond donors (Lipinski definition) is 0. The first kappa shape index (κ1) is 23.8. The molecule has 0 radical (unpaired) electrons. The van der Waals surface area contributed by atoms with Gasteiger partial charge in [-0.05, 0) is 42.0 Å². The molecule has 0 aliphatic heterocycles. The zero-order valence-electron chi connectivity index (χ0n) is 20.0. The highest BCUT2D eigenvalue weighted by Crippen LogP contribution is 2.35. The number of pyridine rings is 1. The number of nitriles is 1. The van der Waals surface area contributed by atoms with Crippen molar-refractivity contribution < 1.29 is 23.0 Å². The first-order valence-electron chi connectivity index (χ1n) is 11.3. The molecule has 0 unspecified atom stereocenters. The van der Waals surface area contributed by atoms with E-state index in [4.69, 9.17) is 14.5 Å². The fourth-order valence-corrected chi connectivity index (χ4v) is 4.27. The highest BCUT2D eigenvalue weighted by molar-refractivity contribution is 5.89. The predicted molar refractivity (Wildman–Crippen MR) is 138 cm³/mol. The number of fused-ring (bicyclic) bond motifs is 3. The van der Waals surface area contributed by atoms with Gasteiger partial charge in [0, 0.05) is 17.2 Å². The number of methoxy groups -OCH3 is 2. The molecule has 3 aromatic carbocycles. The molecule has 0 aliphatic carbocycles. The van der Waals surface area contributed by atoms with Crippen molar-refractivity contribution in [2.45, 2.75) is 6.61 Å². The van der Waals surface area contributed by atoms with Crippen LogP contribution in [0.5, 0.6) is 17.2 Å². The van der Waals surface area contributed by atoms with Crippen LogP contribution >= 0.6 is 0 Å². The molecule has 37 heavy (non-hydrogen) atoms. The molecule has 0 saturated heterocycles. The first-order valence-corrected chi connectivity index (χ1v) is 11.3. The summed E-state index contributed by atoms with van der Waals surface area (Å²) in [6.07, 6.45) is 3.34. The van der Waals surface area contributed by atoms with Crippen LogP contribution in [-0.2, 0) is 0 Å². The lowest BCUT2D eigenvalue weighted by atomic mass is 10.0. The molecule has 0 fully saturated rings. The Morgan fingerprint density at radius 1 is 0.892 bits per heavy atom. The molecule has 0 spiro atoms. The van der Waals surface area contributed by atoms with Crippen molar-refractivity contribution in [2.75, 3.05) is 14.2 Å². The van der Waals surface area contributed by atoms with E-state index in [0.29, 0.717) is 33.8 Å². The van der Waals surface area contributed by atoms with Crippen LogP contribution in [0.2, 0.25) is 0 Å². The molecule has 8 heteroatoms. The zero-order valence-corrected chi connectivity index (χ0v) is 20.0. The quantitative estimate of drug-likeness (QED) is 0.247. The van der Waals surface area contributed by atoms with Crippen LogP contribution < -0.4 is 14.2 Å². The van der Waals surface area contributed by atoms with E-state index >= 15 is 0 Å². The number of imidazole rings is 1. The number of hydrogen-bond acceptors (Lipinski definition) is 5. The number of benzene rings is 3. The second-order valence-corrected chi connectivity index (χ2v) is 8.08. The van der Waals surface area contributed by atoms with Crippen LogP contribution in [0.4, 0.5) is 8.78 Å². The zero-order chi connectivity index (χ0) is 25.9. The maximum Gasteiger partial charge on any atom is 0.387 e. The molecule has 2 aromatic heterocycles.